The van der Waals surface area contributed by atoms with Crippen LogP contribution in [0.15, 0.2) is 6.33 Å². The largest absolute Gasteiger partial charge is 0.473 e. The van der Waals surface area contributed by atoms with Gasteiger partial charge in [-0.1, -0.05) is 32.6 Å². The van der Waals surface area contributed by atoms with Crippen LogP contribution in [-0.4, -0.2) is 21.5 Å². The van der Waals surface area contributed by atoms with E-state index in [2.05, 4.69) is 16.9 Å². The van der Waals surface area contributed by atoms with Crippen molar-refractivity contribution in [1.29, 1.82) is 0 Å². The van der Waals surface area contributed by atoms with Crippen molar-refractivity contribution in [2.24, 2.45) is 0 Å². The first kappa shape index (κ1) is 14.1. The van der Waals surface area contributed by atoms with E-state index in [4.69, 9.17) is 10.5 Å². The molecule has 18 heavy (non-hydrogen) atoms. The van der Waals surface area contributed by atoms with Gasteiger partial charge in [-0.2, -0.15) is 4.98 Å². The third-order valence-corrected chi connectivity index (χ3v) is 2.49. The number of nitro groups is 1. The molecule has 2 N–H and O–H groups in total. The number of rotatable bonds is 8. The molecule has 0 saturated heterocycles. The lowest BCUT2D eigenvalue weighted by atomic mass is 10.2. The number of hydrogen-bond acceptors (Lipinski definition) is 6. The average Bonchev–Trinajstić information content (AvgIpc) is 2.33. The first-order chi connectivity index (χ1) is 8.66. The molecule has 0 atom stereocenters. The molecule has 0 radical (unpaired) electrons. The van der Waals surface area contributed by atoms with Crippen molar-refractivity contribution in [3.05, 3.63) is 16.4 Å². The molecule has 1 rings (SSSR count). The number of hydrogen-bond donors (Lipinski definition) is 1. The van der Waals surface area contributed by atoms with Gasteiger partial charge in [0.2, 0.25) is 5.82 Å². The predicted molar refractivity (Wildman–Crippen MR) is 67.4 cm³/mol. The van der Waals surface area contributed by atoms with E-state index in [1.54, 1.807) is 0 Å². The number of anilines is 1. The van der Waals surface area contributed by atoms with Crippen LogP contribution in [0.5, 0.6) is 5.88 Å². The van der Waals surface area contributed by atoms with Gasteiger partial charge in [-0.25, -0.2) is 4.98 Å². The van der Waals surface area contributed by atoms with Crippen molar-refractivity contribution in [1.82, 2.24) is 9.97 Å². The summed E-state index contributed by atoms with van der Waals surface area (Å²) < 4.78 is 5.29. The molecule has 0 aliphatic heterocycles. The third kappa shape index (κ3) is 4.15. The van der Waals surface area contributed by atoms with E-state index in [1.165, 1.54) is 12.8 Å². The van der Waals surface area contributed by atoms with Crippen molar-refractivity contribution in [2.75, 3.05) is 12.3 Å². The Bertz CT molecular complexity index is 398. The first-order valence-electron chi connectivity index (χ1n) is 6.04. The van der Waals surface area contributed by atoms with E-state index >= 15 is 0 Å². The van der Waals surface area contributed by atoms with Gasteiger partial charge < -0.3 is 10.5 Å². The Morgan fingerprint density at radius 2 is 2.06 bits per heavy atom. The molecule has 100 valence electrons. The standard InChI is InChI=1S/C11H18N4O3/c1-2-3-4-5-6-7-18-11-9(15(16)17)10(12)13-8-14-11/h8H,2-7H2,1H3,(H2,12,13,14). The number of aromatic nitrogens is 2. The maximum absolute atomic E-state index is 10.8. The van der Waals surface area contributed by atoms with Crippen LogP contribution in [0.3, 0.4) is 0 Å². The highest BCUT2D eigenvalue weighted by Gasteiger charge is 2.22. The van der Waals surface area contributed by atoms with Crippen LogP contribution < -0.4 is 10.5 Å². The summed E-state index contributed by atoms with van der Waals surface area (Å²) in [5, 5.41) is 10.8. The molecular weight excluding hydrogens is 236 g/mol. The van der Waals surface area contributed by atoms with Crippen LogP contribution >= 0.6 is 0 Å². The summed E-state index contributed by atoms with van der Waals surface area (Å²) in [4.78, 5) is 17.5. The molecule has 0 saturated carbocycles. The number of unbranched alkanes of at least 4 members (excludes halogenated alkanes) is 4. The maximum atomic E-state index is 10.8. The van der Waals surface area contributed by atoms with Crippen molar-refractivity contribution >= 4 is 11.5 Å². The highest BCUT2D eigenvalue weighted by atomic mass is 16.6. The Balaban J connectivity index is 2.47. The Kier molecular flexibility index (Phi) is 5.83. The second-order valence-corrected chi connectivity index (χ2v) is 3.93. The van der Waals surface area contributed by atoms with Crippen molar-refractivity contribution < 1.29 is 9.66 Å². The molecule has 7 nitrogen and oxygen atoms in total. The van der Waals surface area contributed by atoms with E-state index in [1.807, 2.05) is 0 Å². The summed E-state index contributed by atoms with van der Waals surface area (Å²) in [5.74, 6) is -0.223. The number of nitrogens with two attached hydrogens (primary N) is 1. The molecule has 0 unspecified atom stereocenters. The highest BCUT2D eigenvalue weighted by molar-refractivity contribution is 5.57. The van der Waals surface area contributed by atoms with Crippen molar-refractivity contribution in [3.8, 4) is 5.88 Å². The average molecular weight is 254 g/mol. The molecule has 1 aromatic heterocycles. The molecule has 0 aliphatic rings. The number of nitrogen functional groups attached to an aromatic ring is 1. The number of nitrogens with zero attached hydrogens (tertiary/aromatic N) is 3. The van der Waals surface area contributed by atoms with Gasteiger partial charge in [0.1, 0.15) is 6.33 Å². The quantitative estimate of drug-likeness (QED) is 0.433. The summed E-state index contributed by atoms with van der Waals surface area (Å²) >= 11 is 0. The van der Waals surface area contributed by atoms with Crippen LogP contribution in [-0.2, 0) is 0 Å². The summed E-state index contributed by atoms with van der Waals surface area (Å²) in [5.41, 5.74) is 5.06. The Labute approximate surface area is 106 Å². The van der Waals surface area contributed by atoms with E-state index in [-0.39, 0.29) is 17.4 Å². The predicted octanol–water partition coefficient (Wildman–Crippen LogP) is 2.32. The minimum atomic E-state index is -0.623. The van der Waals surface area contributed by atoms with Gasteiger partial charge in [0, 0.05) is 0 Å². The SMILES string of the molecule is CCCCCCCOc1ncnc(N)c1[N+](=O)[O-]. The second kappa shape index (κ2) is 7.41. The molecule has 0 amide bonds. The molecule has 1 aromatic rings. The molecule has 0 aromatic carbocycles. The summed E-state index contributed by atoms with van der Waals surface area (Å²) in [7, 11) is 0. The van der Waals surface area contributed by atoms with Crippen molar-refractivity contribution in [3.63, 3.8) is 0 Å². The summed E-state index contributed by atoms with van der Waals surface area (Å²) in [6.45, 7) is 2.55. The van der Waals surface area contributed by atoms with Gasteiger partial charge in [0.05, 0.1) is 11.5 Å². The van der Waals surface area contributed by atoms with Gasteiger partial charge in [-0.05, 0) is 6.42 Å². The Morgan fingerprint density at radius 3 is 2.72 bits per heavy atom. The fourth-order valence-electron chi connectivity index (χ4n) is 1.53. The van der Waals surface area contributed by atoms with Gasteiger partial charge in [0.25, 0.3) is 5.88 Å². The van der Waals surface area contributed by atoms with E-state index in [0.717, 1.165) is 25.6 Å². The maximum Gasteiger partial charge on any atom is 0.372 e. The Hall–Kier alpha value is -1.92. The molecule has 1 heterocycles. The van der Waals surface area contributed by atoms with Crippen molar-refractivity contribution in [2.45, 2.75) is 39.0 Å². The summed E-state index contributed by atoms with van der Waals surface area (Å²) in [6.07, 6.45) is 6.57. The minimum Gasteiger partial charge on any atom is -0.473 e. The molecule has 7 heteroatoms. The zero-order chi connectivity index (χ0) is 13.4. The topological polar surface area (TPSA) is 104 Å². The van der Waals surface area contributed by atoms with Gasteiger partial charge in [0.15, 0.2) is 0 Å². The van der Waals surface area contributed by atoms with Gasteiger partial charge in [-0.3, -0.25) is 10.1 Å². The van der Waals surface area contributed by atoms with Crippen LogP contribution in [0.1, 0.15) is 39.0 Å². The monoisotopic (exact) mass is 254 g/mol. The van der Waals surface area contributed by atoms with Gasteiger partial charge in [-0.15, -0.1) is 0 Å². The van der Waals surface area contributed by atoms with E-state index in [9.17, 15) is 10.1 Å². The molecule has 0 aliphatic carbocycles. The molecule has 0 fully saturated rings. The van der Waals surface area contributed by atoms with Crippen LogP contribution in [0, 0.1) is 10.1 Å². The summed E-state index contributed by atoms with van der Waals surface area (Å²) in [6, 6.07) is 0. The smallest absolute Gasteiger partial charge is 0.372 e. The zero-order valence-corrected chi connectivity index (χ0v) is 10.5. The molecule has 0 spiro atoms. The fraction of sp³-hybridized carbons (Fsp3) is 0.636. The highest BCUT2D eigenvalue weighted by Crippen LogP contribution is 2.28. The number of ether oxygens (including phenoxy) is 1. The lowest BCUT2D eigenvalue weighted by molar-refractivity contribution is -0.385. The lowest BCUT2D eigenvalue weighted by Crippen LogP contribution is -2.06. The van der Waals surface area contributed by atoms with Crippen LogP contribution in [0.25, 0.3) is 0 Å². The first-order valence-corrected chi connectivity index (χ1v) is 6.04. The zero-order valence-electron chi connectivity index (χ0n) is 10.5. The lowest BCUT2D eigenvalue weighted by Gasteiger charge is -2.05. The fourth-order valence-corrected chi connectivity index (χ4v) is 1.53. The second-order valence-electron chi connectivity index (χ2n) is 3.93. The van der Waals surface area contributed by atoms with E-state index < -0.39 is 4.92 Å². The van der Waals surface area contributed by atoms with Crippen LogP contribution in [0.2, 0.25) is 0 Å². The van der Waals surface area contributed by atoms with Crippen LogP contribution in [0.4, 0.5) is 11.5 Å². The minimum absolute atomic E-state index is 0.0528. The van der Waals surface area contributed by atoms with Gasteiger partial charge >= 0.3 is 5.69 Å². The van der Waals surface area contributed by atoms with E-state index in [0.29, 0.717) is 6.61 Å². The normalized spacial score (nSPS) is 10.3. The third-order valence-electron chi connectivity index (χ3n) is 2.49. The molecular formula is C11H18N4O3. The Morgan fingerprint density at radius 1 is 1.33 bits per heavy atom. The molecule has 0 bridgehead atoms.